The van der Waals surface area contributed by atoms with Crippen LogP contribution < -0.4 is 5.32 Å². The number of nitrogens with one attached hydrogen (secondary N) is 1. The zero-order valence-corrected chi connectivity index (χ0v) is 9.53. The molecule has 1 aromatic carbocycles. The lowest BCUT2D eigenvalue weighted by Gasteiger charge is -2.02. The van der Waals surface area contributed by atoms with Crippen LogP contribution in [0.15, 0.2) is 36.5 Å². The Morgan fingerprint density at radius 3 is 2.39 bits per heavy atom. The zero-order valence-electron chi connectivity index (χ0n) is 9.53. The van der Waals surface area contributed by atoms with Gasteiger partial charge in [-0.1, -0.05) is 18.2 Å². The number of carbonyl (C=O) groups is 1. The number of hydrogen-bond acceptors (Lipinski definition) is 3. The minimum absolute atomic E-state index is 1.03. The van der Waals surface area contributed by atoms with Crippen LogP contribution in [-0.4, -0.2) is 24.5 Å². The SMILES string of the molecule is CNc1cccc2cccnc12.O=CC(F)(F)F. The molecule has 0 aliphatic rings. The summed E-state index contributed by atoms with van der Waals surface area (Å²) in [6.07, 6.45) is -3.89. The van der Waals surface area contributed by atoms with E-state index in [9.17, 15) is 13.2 Å². The van der Waals surface area contributed by atoms with E-state index in [4.69, 9.17) is 4.79 Å². The molecule has 6 heteroatoms. The van der Waals surface area contributed by atoms with Gasteiger partial charge in [-0.2, -0.15) is 13.2 Å². The Balaban J connectivity index is 0.000000232. The molecule has 0 saturated carbocycles. The quantitative estimate of drug-likeness (QED) is 0.797. The summed E-state index contributed by atoms with van der Waals surface area (Å²) in [5.74, 6) is 0. The molecule has 3 nitrogen and oxygen atoms in total. The normalized spacial score (nSPS) is 10.4. The molecule has 0 aliphatic heterocycles. The van der Waals surface area contributed by atoms with Crippen LogP contribution in [0.3, 0.4) is 0 Å². The van der Waals surface area contributed by atoms with Crippen LogP contribution in [0.1, 0.15) is 0 Å². The molecule has 2 aromatic rings. The first-order chi connectivity index (χ1) is 8.48. The van der Waals surface area contributed by atoms with Gasteiger partial charge in [0.05, 0.1) is 11.2 Å². The first-order valence-electron chi connectivity index (χ1n) is 5.02. The third-order valence-corrected chi connectivity index (χ3v) is 2.04. The summed E-state index contributed by atoms with van der Waals surface area (Å²) in [6, 6.07) is 10.1. The molecule has 1 aromatic heterocycles. The average Bonchev–Trinajstić information content (AvgIpc) is 2.38. The molecule has 0 amide bonds. The summed E-state index contributed by atoms with van der Waals surface area (Å²) in [5, 5.41) is 4.28. The van der Waals surface area contributed by atoms with Gasteiger partial charge in [-0.15, -0.1) is 0 Å². The minimum Gasteiger partial charge on any atom is -0.386 e. The number of nitrogens with zero attached hydrogens (tertiary/aromatic N) is 1. The Morgan fingerprint density at radius 1 is 1.22 bits per heavy atom. The third-order valence-electron chi connectivity index (χ3n) is 2.04. The largest absolute Gasteiger partial charge is 0.446 e. The van der Waals surface area contributed by atoms with Crippen LogP contribution in [0.2, 0.25) is 0 Å². The second-order valence-electron chi connectivity index (χ2n) is 3.29. The minimum atomic E-state index is -4.64. The molecule has 1 N–H and O–H groups in total. The number of para-hydroxylation sites is 1. The number of fused-ring (bicyclic) bond motifs is 1. The Bertz CT molecular complexity index is 521. The number of benzene rings is 1. The lowest BCUT2D eigenvalue weighted by molar-refractivity contribution is -0.156. The fraction of sp³-hybridized carbons (Fsp3) is 0.167. The highest BCUT2D eigenvalue weighted by Crippen LogP contribution is 2.19. The van der Waals surface area contributed by atoms with Crippen LogP contribution in [0.4, 0.5) is 18.9 Å². The van der Waals surface area contributed by atoms with Gasteiger partial charge < -0.3 is 5.32 Å². The number of alkyl halides is 3. The van der Waals surface area contributed by atoms with Crippen LogP contribution in [-0.2, 0) is 4.79 Å². The van der Waals surface area contributed by atoms with E-state index in [1.807, 2.05) is 31.4 Å². The summed E-state index contributed by atoms with van der Waals surface area (Å²) in [6.45, 7) is 0. The van der Waals surface area contributed by atoms with Crippen molar-refractivity contribution in [3.63, 3.8) is 0 Å². The van der Waals surface area contributed by atoms with Crippen LogP contribution in [0, 0.1) is 0 Å². The predicted octanol–water partition coefficient (Wildman–Crippen LogP) is 3.02. The monoisotopic (exact) mass is 256 g/mol. The van der Waals surface area contributed by atoms with Gasteiger partial charge in [0.2, 0.25) is 6.29 Å². The van der Waals surface area contributed by atoms with E-state index in [0.29, 0.717) is 0 Å². The number of halogens is 3. The fourth-order valence-corrected chi connectivity index (χ4v) is 1.31. The van der Waals surface area contributed by atoms with Gasteiger partial charge in [-0.3, -0.25) is 9.78 Å². The Kier molecular flexibility index (Phi) is 4.65. The molecule has 96 valence electrons. The molecular formula is C12H11F3N2O. The van der Waals surface area contributed by atoms with E-state index in [2.05, 4.69) is 22.4 Å². The molecule has 1 heterocycles. The molecule has 0 aliphatic carbocycles. The maximum absolute atomic E-state index is 10.4. The number of anilines is 1. The van der Waals surface area contributed by atoms with Crippen molar-refractivity contribution in [2.24, 2.45) is 0 Å². The molecule has 0 unspecified atom stereocenters. The molecule has 18 heavy (non-hydrogen) atoms. The summed E-state index contributed by atoms with van der Waals surface area (Å²) in [4.78, 5) is 13.0. The van der Waals surface area contributed by atoms with E-state index in [1.54, 1.807) is 0 Å². The van der Waals surface area contributed by atoms with Gasteiger partial charge in [-0.25, -0.2) is 0 Å². The molecule has 0 atom stereocenters. The summed E-state index contributed by atoms with van der Waals surface area (Å²) in [7, 11) is 1.91. The Labute approximate surface area is 102 Å². The summed E-state index contributed by atoms with van der Waals surface area (Å²) < 4.78 is 31.2. The average molecular weight is 256 g/mol. The number of hydrogen-bond donors (Lipinski definition) is 1. The highest BCUT2D eigenvalue weighted by Gasteiger charge is 2.24. The van der Waals surface area contributed by atoms with Crippen molar-refractivity contribution >= 4 is 22.9 Å². The Hall–Kier alpha value is -2.11. The van der Waals surface area contributed by atoms with Crippen molar-refractivity contribution in [2.45, 2.75) is 6.18 Å². The van der Waals surface area contributed by atoms with Crippen LogP contribution >= 0.6 is 0 Å². The first-order valence-corrected chi connectivity index (χ1v) is 5.02. The van der Waals surface area contributed by atoms with Crippen molar-refractivity contribution in [1.29, 1.82) is 0 Å². The van der Waals surface area contributed by atoms with Gasteiger partial charge in [0.15, 0.2) is 0 Å². The number of carbonyl (C=O) groups excluding carboxylic acids is 1. The highest BCUT2D eigenvalue weighted by atomic mass is 19.4. The smallest absolute Gasteiger partial charge is 0.386 e. The van der Waals surface area contributed by atoms with Gasteiger partial charge in [0.1, 0.15) is 0 Å². The van der Waals surface area contributed by atoms with E-state index < -0.39 is 12.5 Å². The van der Waals surface area contributed by atoms with Gasteiger partial charge in [0.25, 0.3) is 0 Å². The maximum atomic E-state index is 10.4. The van der Waals surface area contributed by atoms with Crippen molar-refractivity contribution in [3.05, 3.63) is 36.5 Å². The molecule has 0 radical (unpaired) electrons. The van der Waals surface area contributed by atoms with E-state index >= 15 is 0 Å². The van der Waals surface area contributed by atoms with Crippen molar-refractivity contribution in [3.8, 4) is 0 Å². The second kappa shape index (κ2) is 6.00. The second-order valence-corrected chi connectivity index (χ2v) is 3.29. The molecule has 0 saturated heterocycles. The van der Waals surface area contributed by atoms with Gasteiger partial charge in [-0.05, 0) is 12.1 Å². The third kappa shape index (κ3) is 4.04. The van der Waals surface area contributed by atoms with E-state index in [1.165, 1.54) is 5.39 Å². The molecule has 2 rings (SSSR count). The fourth-order valence-electron chi connectivity index (χ4n) is 1.31. The van der Waals surface area contributed by atoms with E-state index in [-0.39, 0.29) is 0 Å². The van der Waals surface area contributed by atoms with Crippen LogP contribution in [0.25, 0.3) is 10.9 Å². The summed E-state index contributed by atoms with van der Waals surface area (Å²) in [5.41, 5.74) is 2.11. The van der Waals surface area contributed by atoms with Crippen molar-refractivity contribution in [1.82, 2.24) is 4.98 Å². The van der Waals surface area contributed by atoms with Crippen molar-refractivity contribution in [2.75, 3.05) is 12.4 Å². The summed E-state index contributed by atoms with van der Waals surface area (Å²) >= 11 is 0. The Morgan fingerprint density at radius 2 is 1.83 bits per heavy atom. The van der Waals surface area contributed by atoms with Gasteiger partial charge >= 0.3 is 6.18 Å². The topological polar surface area (TPSA) is 42.0 Å². The number of pyridine rings is 1. The van der Waals surface area contributed by atoms with Gasteiger partial charge in [0, 0.05) is 18.6 Å². The lowest BCUT2D eigenvalue weighted by atomic mass is 10.2. The molecule has 0 bridgehead atoms. The number of aldehydes is 1. The van der Waals surface area contributed by atoms with Crippen LogP contribution in [0.5, 0.6) is 0 Å². The molecular weight excluding hydrogens is 245 g/mol. The predicted molar refractivity (Wildman–Crippen MR) is 63.4 cm³/mol. The zero-order chi connectivity index (χ0) is 13.6. The highest BCUT2D eigenvalue weighted by molar-refractivity contribution is 5.89. The number of aromatic nitrogens is 1. The first kappa shape index (κ1) is 14.0. The molecule has 0 fully saturated rings. The van der Waals surface area contributed by atoms with Crippen molar-refractivity contribution < 1.29 is 18.0 Å². The molecule has 0 spiro atoms. The van der Waals surface area contributed by atoms with E-state index in [0.717, 1.165) is 11.2 Å². The number of rotatable bonds is 1. The lowest BCUT2D eigenvalue weighted by Crippen LogP contribution is -2.07. The maximum Gasteiger partial charge on any atom is 0.446 e. The standard InChI is InChI=1S/C10H10N2.C2HF3O/c1-11-9-6-2-4-8-5-3-7-12-10(8)9;3-2(4,5)1-6/h2-7,11H,1H3;1H.